The third-order valence-corrected chi connectivity index (χ3v) is 3.15. The Labute approximate surface area is 120 Å². The van der Waals surface area contributed by atoms with Crippen LogP contribution in [0.5, 0.6) is 0 Å². The summed E-state index contributed by atoms with van der Waals surface area (Å²) in [7, 11) is 0. The van der Waals surface area contributed by atoms with Crippen molar-refractivity contribution in [2.75, 3.05) is 0 Å². The van der Waals surface area contributed by atoms with Gasteiger partial charge in [0.15, 0.2) is 0 Å². The number of carbonyl (C=O) groups excluding carboxylic acids is 1. The first-order valence-corrected chi connectivity index (χ1v) is 6.45. The normalized spacial score (nSPS) is 11.6. The molecule has 2 rings (SSSR count). The van der Waals surface area contributed by atoms with Crippen LogP contribution in [0.25, 0.3) is 11.0 Å². The van der Waals surface area contributed by atoms with E-state index in [1.54, 1.807) is 13.8 Å². The number of rotatable bonds is 5. The van der Waals surface area contributed by atoms with E-state index in [1.807, 2.05) is 0 Å². The molecule has 7 heteroatoms. The summed E-state index contributed by atoms with van der Waals surface area (Å²) in [6, 6.07) is 2.38. The number of aliphatic carboxylic acids is 1. The van der Waals surface area contributed by atoms with Crippen molar-refractivity contribution < 1.29 is 19.1 Å². The number of H-pyrrole nitrogens is 1. The minimum absolute atomic E-state index is 0.0613. The molecule has 21 heavy (non-hydrogen) atoms. The van der Waals surface area contributed by atoms with Gasteiger partial charge in [0.1, 0.15) is 11.3 Å². The molecule has 112 valence electrons. The van der Waals surface area contributed by atoms with E-state index in [2.05, 4.69) is 15.3 Å². The van der Waals surface area contributed by atoms with Gasteiger partial charge in [-0.3, -0.25) is 9.59 Å². The average Bonchev–Trinajstić information content (AvgIpc) is 2.82. The Morgan fingerprint density at radius 2 is 2.14 bits per heavy atom. The zero-order valence-electron chi connectivity index (χ0n) is 11.7. The van der Waals surface area contributed by atoms with Crippen molar-refractivity contribution in [3.05, 3.63) is 29.8 Å². The molecule has 0 unspecified atom stereocenters. The summed E-state index contributed by atoms with van der Waals surface area (Å²) >= 11 is 0. The highest BCUT2D eigenvalue weighted by atomic mass is 19.1. The summed E-state index contributed by atoms with van der Waals surface area (Å²) in [4.78, 5) is 29.7. The number of nitrogens with zero attached hydrogens (tertiary/aromatic N) is 1. The summed E-state index contributed by atoms with van der Waals surface area (Å²) in [6.07, 6.45) is 1.60. The van der Waals surface area contributed by atoms with Crippen LogP contribution in [-0.2, 0) is 4.79 Å². The minimum Gasteiger partial charge on any atom is -0.481 e. The Hall–Kier alpha value is -2.44. The fourth-order valence-electron chi connectivity index (χ4n) is 2.04. The van der Waals surface area contributed by atoms with Crippen molar-refractivity contribution in [3.63, 3.8) is 0 Å². The quantitative estimate of drug-likeness (QED) is 0.786. The molecule has 6 nitrogen and oxygen atoms in total. The number of fused-ring (bicyclic) bond motifs is 1. The molecule has 0 aliphatic carbocycles. The molecule has 1 heterocycles. The molecule has 0 saturated carbocycles. The Kier molecular flexibility index (Phi) is 3.93. The van der Waals surface area contributed by atoms with Crippen molar-refractivity contribution in [3.8, 4) is 0 Å². The van der Waals surface area contributed by atoms with E-state index < -0.39 is 23.2 Å². The van der Waals surface area contributed by atoms with E-state index in [0.29, 0.717) is 11.0 Å². The SMILES string of the molecule is CC(C)(CCC(=O)O)NC(=O)c1cc(F)cc2[nH]cnc12. The lowest BCUT2D eigenvalue weighted by atomic mass is 9.97. The first-order chi connectivity index (χ1) is 9.78. The van der Waals surface area contributed by atoms with E-state index in [1.165, 1.54) is 12.4 Å². The first kappa shape index (κ1) is 15.0. The first-order valence-electron chi connectivity index (χ1n) is 6.45. The number of carboxylic acid groups (broad SMARTS) is 1. The molecule has 0 radical (unpaired) electrons. The molecule has 1 aromatic heterocycles. The minimum atomic E-state index is -0.933. The van der Waals surface area contributed by atoms with Crippen LogP contribution in [0.4, 0.5) is 4.39 Å². The second-order valence-corrected chi connectivity index (χ2v) is 5.48. The van der Waals surface area contributed by atoms with E-state index >= 15 is 0 Å². The molecule has 0 aliphatic heterocycles. The van der Waals surface area contributed by atoms with Crippen LogP contribution in [0, 0.1) is 5.82 Å². The van der Waals surface area contributed by atoms with Gasteiger partial charge in [0.05, 0.1) is 17.4 Å². The van der Waals surface area contributed by atoms with Gasteiger partial charge in [-0.05, 0) is 32.4 Å². The topological polar surface area (TPSA) is 95.1 Å². The zero-order valence-corrected chi connectivity index (χ0v) is 11.7. The molecule has 0 aliphatic rings. The summed E-state index contributed by atoms with van der Waals surface area (Å²) in [5, 5.41) is 11.4. The highest BCUT2D eigenvalue weighted by Gasteiger charge is 2.24. The van der Waals surface area contributed by atoms with Gasteiger partial charge in [0.2, 0.25) is 0 Å². The molecule has 2 aromatic rings. The molecular formula is C14H16FN3O3. The van der Waals surface area contributed by atoms with Crippen LogP contribution in [0.3, 0.4) is 0 Å². The molecule has 1 amide bonds. The maximum Gasteiger partial charge on any atom is 0.303 e. The average molecular weight is 293 g/mol. The number of aromatic nitrogens is 2. The molecule has 0 atom stereocenters. The molecule has 1 aromatic carbocycles. The van der Waals surface area contributed by atoms with E-state index in [4.69, 9.17) is 5.11 Å². The smallest absolute Gasteiger partial charge is 0.303 e. The van der Waals surface area contributed by atoms with Crippen molar-refractivity contribution >= 4 is 22.9 Å². The molecule has 0 bridgehead atoms. The molecular weight excluding hydrogens is 277 g/mol. The number of benzene rings is 1. The maximum absolute atomic E-state index is 13.5. The Morgan fingerprint density at radius 3 is 2.81 bits per heavy atom. The summed E-state index contributed by atoms with van der Waals surface area (Å²) in [5.74, 6) is -1.96. The van der Waals surface area contributed by atoms with Gasteiger partial charge >= 0.3 is 5.97 Å². The second-order valence-electron chi connectivity index (χ2n) is 5.48. The number of hydrogen-bond donors (Lipinski definition) is 3. The summed E-state index contributed by atoms with van der Waals surface area (Å²) in [6.45, 7) is 3.43. The largest absolute Gasteiger partial charge is 0.481 e. The molecule has 0 fully saturated rings. The van der Waals surface area contributed by atoms with E-state index in [9.17, 15) is 14.0 Å². The number of imidazole rings is 1. The van der Waals surface area contributed by atoms with Crippen molar-refractivity contribution in [1.29, 1.82) is 0 Å². The van der Waals surface area contributed by atoms with Crippen LogP contribution >= 0.6 is 0 Å². The third-order valence-electron chi connectivity index (χ3n) is 3.15. The number of carboxylic acids is 1. The Balaban J connectivity index is 2.22. The van der Waals surface area contributed by atoms with E-state index in [0.717, 1.165) is 6.07 Å². The van der Waals surface area contributed by atoms with Crippen LogP contribution in [0.15, 0.2) is 18.5 Å². The lowest BCUT2D eigenvalue weighted by molar-refractivity contribution is -0.137. The number of aromatic amines is 1. The van der Waals surface area contributed by atoms with Gasteiger partial charge in [0, 0.05) is 12.0 Å². The maximum atomic E-state index is 13.5. The summed E-state index contributed by atoms with van der Waals surface area (Å²) in [5.41, 5.74) is 0.214. The lowest BCUT2D eigenvalue weighted by Gasteiger charge is -2.25. The Bertz CT molecular complexity index is 694. The fourth-order valence-corrected chi connectivity index (χ4v) is 2.04. The molecule has 3 N–H and O–H groups in total. The number of amides is 1. The van der Waals surface area contributed by atoms with Gasteiger partial charge in [-0.1, -0.05) is 0 Å². The van der Waals surface area contributed by atoms with Gasteiger partial charge in [-0.25, -0.2) is 9.37 Å². The van der Waals surface area contributed by atoms with Crippen molar-refractivity contribution in [2.45, 2.75) is 32.2 Å². The number of halogens is 1. The van der Waals surface area contributed by atoms with E-state index in [-0.39, 0.29) is 18.4 Å². The highest BCUT2D eigenvalue weighted by molar-refractivity contribution is 6.05. The molecule has 0 spiro atoms. The summed E-state index contributed by atoms with van der Waals surface area (Å²) < 4.78 is 13.5. The zero-order chi connectivity index (χ0) is 15.6. The number of carbonyl (C=O) groups is 2. The van der Waals surface area contributed by atoms with Gasteiger partial charge in [0.25, 0.3) is 5.91 Å². The second kappa shape index (κ2) is 5.51. The van der Waals surface area contributed by atoms with Crippen LogP contribution in [0.1, 0.15) is 37.0 Å². The van der Waals surface area contributed by atoms with Crippen LogP contribution < -0.4 is 5.32 Å². The number of hydrogen-bond acceptors (Lipinski definition) is 3. The Morgan fingerprint density at radius 1 is 1.43 bits per heavy atom. The van der Waals surface area contributed by atoms with Crippen molar-refractivity contribution in [2.24, 2.45) is 0 Å². The molecule has 0 saturated heterocycles. The monoisotopic (exact) mass is 293 g/mol. The lowest BCUT2D eigenvalue weighted by Crippen LogP contribution is -2.43. The van der Waals surface area contributed by atoms with Crippen LogP contribution in [0.2, 0.25) is 0 Å². The predicted octanol–water partition coefficient (Wildman–Crippen LogP) is 2.08. The predicted molar refractivity (Wildman–Crippen MR) is 74.5 cm³/mol. The van der Waals surface area contributed by atoms with Crippen molar-refractivity contribution in [1.82, 2.24) is 15.3 Å². The highest BCUT2D eigenvalue weighted by Crippen LogP contribution is 2.19. The van der Waals surface area contributed by atoms with Crippen LogP contribution in [-0.4, -0.2) is 32.5 Å². The van der Waals surface area contributed by atoms with Gasteiger partial charge in [-0.2, -0.15) is 0 Å². The third kappa shape index (κ3) is 3.56. The number of nitrogens with one attached hydrogen (secondary N) is 2. The standard InChI is InChI=1S/C14H16FN3O3/c1-14(2,4-3-11(19)20)18-13(21)9-5-8(15)6-10-12(9)17-7-16-10/h5-7H,3-4H2,1-2H3,(H,16,17)(H,18,21)(H,19,20). The van der Waals surface area contributed by atoms with Gasteiger partial charge < -0.3 is 15.4 Å². The fraction of sp³-hybridized carbons (Fsp3) is 0.357. The van der Waals surface area contributed by atoms with Gasteiger partial charge in [-0.15, -0.1) is 0 Å².